The molecule has 140 valence electrons. The molecule has 0 unspecified atom stereocenters. The lowest BCUT2D eigenvalue weighted by atomic mass is 9.87. The molecule has 0 aliphatic carbocycles. The van der Waals surface area contributed by atoms with Crippen LogP contribution in [0.25, 0.3) is 11.5 Å². The Morgan fingerprint density at radius 2 is 1.85 bits per heavy atom. The quantitative estimate of drug-likeness (QED) is 0.451. The van der Waals surface area contributed by atoms with Crippen molar-refractivity contribution >= 4 is 17.7 Å². The van der Waals surface area contributed by atoms with E-state index >= 15 is 0 Å². The fourth-order valence-electron chi connectivity index (χ4n) is 2.55. The number of rotatable bonds is 5. The molecular formula is C21H22N2O3S. The highest BCUT2D eigenvalue weighted by Gasteiger charge is 2.15. The van der Waals surface area contributed by atoms with Crippen LogP contribution in [0.3, 0.4) is 0 Å². The number of hydrogen-bond acceptors (Lipinski definition) is 6. The van der Waals surface area contributed by atoms with E-state index in [0.29, 0.717) is 22.4 Å². The molecule has 2 aromatic carbocycles. The van der Waals surface area contributed by atoms with Crippen molar-refractivity contribution in [3.63, 3.8) is 0 Å². The van der Waals surface area contributed by atoms with Crippen molar-refractivity contribution in [1.29, 1.82) is 0 Å². The van der Waals surface area contributed by atoms with Crippen LogP contribution in [0.4, 0.5) is 0 Å². The van der Waals surface area contributed by atoms with Gasteiger partial charge < -0.3 is 9.15 Å². The second-order valence-corrected chi connectivity index (χ2v) is 8.11. The lowest BCUT2D eigenvalue weighted by molar-refractivity contribution is 0.0600. The van der Waals surface area contributed by atoms with Gasteiger partial charge in [0.2, 0.25) is 5.89 Å². The first kappa shape index (κ1) is 19.2. The summed E-state index contributed by atoms with van der Waals surface area (Å²) in [5.74, 6) is 0.775. The molecule has 5 nitrogen and oxygen atoms in total. The van der Waals surface area contributed by atoms with E-state index in [0.717, 1.165) is 11.1 Å². The van der Waals surface area contributed by atoms with Gasteiger partial charge >= 0.3 is 5.97 Å². The Morgan fingerprint density at radius 1 is 1.11 bits per heavy atom. The average molecular weight is 382 g/mol. The summed E-state index contributed by atoms with van der Waals surface area (Å²) in [4.78, 5) is 11.6. The maximum absolute atomic E-state index is 11.6. The van der Waals surface area contributed by atoms with Gasteiger partial charge in [-0.3, -0.25) is 0 Å². The number of nitrogens with zero attached hydrogens (tertiary/aromatic N) is 2. The second kappa shape index (κ2) is 7.96. The van der Waals surface area contributed by atoms with Gasteiger partial charge in [-0.15, -0.1) is 10.2 Å². The summed E-state index contributed by atoms with van der Waals surface area (Å²) < 4.78 is 10.5. The summed E-state index contributed by atoms with van der Waals surface area (Å²) in [6.07, 6.45) is 0. The number of ether oxygens (including phenoxy) is 1. The van der Waals surface area contributed by atoms with Crippen molar-refractivity contribution in [3.05, 3.63) is 65.2 Å². The maximum atomic E-state index is 11.6. The second-order valence-electron chi connectivity index (χ2n) is 7.18. The van der Waals surface area contributed by atoms with Gasteiger partial charge in [0.05, 0.1) is 12.7 Å². The molecule has 0 bridgehead atoms. The van der Waals surface area contributed by atoms with Crippen LogP contribution in [0.1, 0.15) is 42.3 Å². The Bertz CT molecular complexity index is 927. The van der Waals surface area contributed by atoms with Gasteiger partial charge in [0, 0.05) is 11.3 Å². The number of aromatic nitrogens is 2. The number of thioether (sulfide) groups is 1. The summed E-state index contributed by atoms with van der Waals surface area (Å²) in [6, 6.07) is 15.5. The average Bonchev–Trinajstić information content (AvgIpc) is 3.14. The van der Waals surface area contributed by atoms with Crippen LogP contribution in [0.15, 0.2) is 58.2 Å². The van der Waals surface area contributed by atoms with Crippen molar-refractivity contribution in [3.8, 4) is 11.5 Å². The first-order valence-corrected chi connectivity index (χ1v) is 9.60. The van der Waals surface area contributed by atoms with E-state index in [-0.39, 0.29) is 11.4 Å². The number of esters is 1. The van der Waals surface area contributed by atoms with Crippen LogP contribution in [0, 0.1) is 0 Å². The van der Waals surface area contributed by atoms with Crippen molar-refractivity contribution < 1.29 is 13.9 Å². The third-order valence-electron chi connectivity index (χ3n) is 4.11. The number of methoxy groups -OCH3 is 1. The molecule has 0 spiro atoms. The molecule has 0 atom stereocenters. The summed E-state index contributed by atoms with van der Waals surface area (Å²) in [5, 5.41) is 8.74. The minimum atomic E-state index is -0.347. The first-order chi connectivity index (χ1) is 12.9. The predicted octanol–water partition coefficient (Wildman–Crippen LogP) is 5.11. The van der Waals surface area contributed by atoms with Crippen molar-refractivity contribution in [2.75, 3.05) is 7.11 Å². The van der Waals surface area contributed by atoms with Crippen molar-refractivity contribution in [1.82, 2.24) is 10.2 Å². The Labute approximate surface area is 163 Å². The van der Waals surface area contributed by atoms with Gasteiger partial charge in [-0.1, -0.05) is 56.8 Å². The van der Waals surface area contributed by atoms with Crippen LogP contribution in [0.2, 0.25) is 0 Å². The number of carbonyl (C=O) groups excluding carboxylic acids is 1. The molecule has 0 N–H and O–H groups in total. The van der Waals surface area contributed by atoms with E-state index in [1.54, 1.807) is 12.1 Å². The molecule has 0 aliphatic rings. The van der Waals surface area contributed by atoms with E-state index in [9.17, 15) is 4.79 Å². The SMILES string of the molecule is COC(=O)c1cccc(CSc2nnc(-c3ccc(C(C)(C)C)cc3)o2)c1. The predicted molar refractivity (Wildman–Crippen MR) is 106 cm³/mol. The Morgan fingerprint density at radius 3 is 2.52 bits per heavy atom. The smallest absolute Gasteiger partial charge is 0.337 e. The van der Waals surface area contributed by atoms with Gasteiger partial charge in [0.15, 0.2) is 0 Å². The van der Waals surface area contributed by atoms with Crippen LogP contribution in [0.5, 0.6) is 0 Å². The van der Waals surface area contributed by atoms with Crippen LogP contribution >= 0.6 is 11.8 Å². The van der Waals surface area contributed by atoms with Gasteiger partial charge in [-0.05, 0) is 40.8 Å². The van der Waals surface area contributed by atoms with E-state index < -0.39 is 0 Å². The molecule has 0 saturated carbocycles. The van der Waals surface area contributed by atoms with E-state index in [1.165, 1.54) is 24.4 Å². The first-order valence-electron chi connectivity index (χ1n) is 8.61. The van der Waals surface area contributed by atoms with Gasteiger partial charge in [0.25, 0.3) is 5.22 Å². The minimum Gasteiger partial charge on any atom is -0.465 e. The van der Waals surface area contributed by atoms with Crippen LogP contribution in [-0.4, -0.2) is 23.3 Å². The fraction of sp³-hybridized carbons (Fsp3) is 0.286. The zero-order chi connectivity index (χ0) is 19.4. The van der Waals surface area contributed by atoms with Crippen LogP contribution < -0.4 is 0 Å². The zero-order valence-electron chi connectivity index (χ0n) is 15.9. The summed E-state index contributed by atoms with van der Waals surface area (Å²) in [7, 11) is 1.37. The third kappa shape index (κ3) is 4.77. The molecule has 3 rings (SSSR count). The van der Waals surface area contributed by atoms with E-state index in [4.69, 9.17) is 9.15 Å². The van der Waals surface area contributed by atoms with Gasteiger partial charge in [0.1, 0.15) is 0 Å². The highest BCUT2D eigenvalue weighted by Crippen LogP contribution is 2.28. The summed E-state index contributed by atoms with van der Waals surface area (Å²) in [5.41, 5.74) is 3.77. The highest BCUT2D eigenvalue weighted by molar-refractivity contribution is 7.98. The van der Waals surface area contributed by atoms with E-state index in [2.05, 4.69) is 43.1 Å². The number of carbonyl (C=O) groups is 1. The van der Waals surface area contributed by atoms with Crippen LogP contribution in [-0.2, 0) is 15.9 Å². The number of benzene rings is 2. The van der Waals surface area contributed by atoms with Gasteiger partial charge in [-0.2, -0.15) is 0 Å². The largest absolute Gasteiger partial charge is 0.465 e. The molecule has 3 aromatic rings. The summed E-state index contributed by atoms with van der Waals surface area (Å²) >= 11 is 1.43. The van der Waals surface area contributed by atoms with Crippen molar-refractivity contribution in [2.45, 2.75) is 37.2 Å². The minimum absolute atomic E-state index is 0.104. The molecule has 1 aromatic heterocycles. The lowest BCUT2D eigenvalue weighted by Gasteiger charge is -2.18. The number of hydrogen-bond donors (Lipinski definition) is 0. The Balaban J connectivity index is 1.67. The molecule has 0 fully saturated rings. The van der Waals surface area contributed by atoms with E-state index in [1.807, 2.05) is 24.3 Å². The normalized spacial score (nSPS) is 11.4. The fourth-order valence-corrected chi connectivity index (χ4v) is 3.25. The lowest BCUT2D eigenvalue weighted by Crippen LogP contribution is -2.10. The Kier molecular flexibility index (Phi) is 5.65. The highest BCUT2D eigenvalue weighted by atomic mass is 32.2. The summed E-state index contributed by atoms with van der Waals surface area (Å²) in [6.45, 7) is 6.54. The third-order valence-corrected chi connectivity index (χ3v) is 5.00. The topological polar surface area (TPSA) is 65.2 Å². The molecule has 0 radical (unpaired) electrons. The zero-order valence-corrected chi connectivity index (χ0v) is 16.7. The van der Waals surface area contributed by atoms with Crippen molar-refractivity contribution in [2.24, 2.45) is 0 Å². The maximum Gasteiger partial charge on any atom is 0.337 e. The molecule has 27 heavy (non-hydrogen) atoms. The standard InChI is InChI=1S/C21H22N2O3S/c1-21(2,3)17-10-8-15(9-11-17)18-22-23-20(26-18)27-13-14-6-5-7-16(12-14)19(24)25-4/h5-12H,13H2,1-4H3. The van der Waals surface area contributed by atoms with Gasteiger partial charge in [-0.25, -0.2) is 4.79 Å². The molecular weight excluding hydrogens is 360 g/mol. The molecule has 1 heterocycles. The molecule has 6 heteroatoms. The molecule has 0 saturated heterocycles. The molecule has 0 aliphatic heterocycles. The Hall–Kier alpha value is -2.60. The molecule has 0 amide bonds. The monoisotopic (exact) mass is 382 g/mol.